The van der Waals surface area contributed by atoms with Crippen molar-refractivity contribution in [1.82, 2.24) is 0 Å². The molecule has 2 rings (SSSR count). The average Bonchev–Trinajstić information content (AvgIpc) is 2.51. The van der Waals surface area contributed by atoms with Gasteiger partial charge in [0.05, 0.1) is 4.90 Å². The lowest BCUT2D eigenvalue weighted by Gasteiger charge is -2.12. The van der Waals surface area contributed by atoms with E-state index in [0.29, 0.717) is 16.9 Å². The summed E-state index contributed by atoms with van der Waals surface area (Å²) in [4.78, 5) is 11.7. The third kappa shape index (κ3) is 4.56. The Balaban J connectivity index is 2.15. The zero-order chi connectivity index (χ0) is 17.7. The van der Waals surface area contributed by atoms with Gasteiger partial charge in [-0.1, -0.05) is 12.1 Å². The van der Waals surface area contributed by atoms with Crippen LogP contribution in [0.25, 0.3) is 0 Å². The molecule has 0 saturated carbocycles. The highest BCUT2D eigenvalue weighted by atomic mass is 32.2. The quantitative estimate of drug-likeness (QED) is 0.840. The molecule has 0 aliphatic heterocycles. The number of aryl methyl sites for hydroxylation is 2. The summed E-state index contributed by atoms with van der Waals surface area (Å²) in [6.07, 6.45) is 0. The summed E-state index contributed by atoms with van der Waals surface area (Å²) in [6.45, 7) is 3.55. The van der Waals surface area contributed by atoms with E-state index in [2.05, 4.69) is 10.0 Å². The van der Waals surface area contributed by atoms with Crippen LogP contribution in [-0.4, -0.2) is 28.0 Å². The Labute approximate surface area is 141 Å². The normalized spacial score (nSPS) is 11.1. The molecule has 24 heavy (non-hydrogen) atoms. The molecule has 2 aromatic carbocycles. The Hall–Kier alpha value is -2.38. The van der Waals surface area contributed by atoms with Crippen LogP contribution >= 0.6 is 0 Å². The lowest BCUT2D eigenvalue weighted by Crippen LogP contribution is -2.17. The molecular weight excluding hydrogens is 328 g/mol. The first-order chi connectivity index (χ1) is 11.3. The number of methoxy groups -OCH3 is 1. The van der Waals surface area contributed by atoms with E-state index in [1.165, 1.54) is 7.11 Å². The molecule has 0 atom stereocenters. The van der Waals surface area contributed by atoms with Crippen molar-refractivity contribution in [1.29, 1.82) is 0 Å². The standard InChI is InChI=1S/C17H20N2O4S/c1-12-4-5-13(2)16(10-12)24(21,22)19-15-8-6-14(7-9-15)18-17(20)11-23-3/h4-10,19H,11H2,1-3H3,(H,18,20). The largest absolute Gasteiger partial charge is 0.375 e. The molecule has 2 N–H and O–H groups in total. The highest BCUT2D eigenvalue weighted by Gasteiger charge is 2.17. The molecule has 0 unspecified atom stereocenters. The maximum atomic E-state index is 12.5. The third-order valence-corrected chi connectivity index (χ3v) is 4.85. The van der Waals surface area contributed by atoms with Gasteiger partial charge in [-0.05, 0) is 55.3 Å². The first-order valence-electron chi connectivity index (χ1n) is 7.31. The number of carbonyl (C=O) groups excluding carboxylic acids is 1. The molecule has 128 valence electrons. The van der Waals surface area contributed by atoms with Crippen LogP contribution in [-0.2, 0) is 19.6 Å². The van der Waals surface area contributed by atoms with Gasteiger partial charge in [0.1, 0.15) is 6.61 Å². The first kappa shape index (κ1) is 18.0. The summed E-state index contributed by atoms with van der Waals surface area (Å²) in [6, 6.07) is 11.7. The summed E-state index contributed by atoms with van der Waals surface area (Å²) in [5.41, 5.74) is 2.53. The first-order valence-corrected chi connectivity index (χ1v) is 8.79. The number of hydrogen-bond acceptors (Lipinski definition) is 4. The monoisotopic (exact) mass is 348 g/mol. The van der Waals surface area contributed by atoms with E-state index < -0.39 is 10.0 Å². The van der Waals surface area contributed by atoms with Gasteiger partial charge in [0, 0.05) is 18.5 Å². The van der Waals surface area contributed by atoms with Crippen molar-refractivity contribution in [2.45, 2.75) is 18.7 Å². The van der Waals surface area contributed by atoms with E-state index in [-0.39, 0.29) is 17.4 Å². The van der Waals surface area contributed by atoms with Crippen molar-refractivity contribution in [3.63, 3.8) is 0 Å². The van der Waals surface area contributed by atoms with Crippen LogP contribution < -0.4 is 10.0 Å². The van der Waals surface area contributed by atoms with Gasteiger partial charge in [0.15, 0.2) is 0 Å². The van der Waals surface area contributed by atoms with Crippen molar-refractivity contribution in [3.8, 4) is 0 Å². The molecule has 0 aliphatic rings. The Bertz CT molecular complexity index is 830. The van der Waals surface area contributed by atoms with Crippen molar-refractivity contribution in [3.05, 3.63) is 53.6 Å². The fourth-order valence-electron chi connectivity index (χ4n) is 2.16. The van der Waals surface area contributed by atoms with Gasteiger partial charge in [-0.3, -0.25) is 9.52 Å². The lowest BCUT2D eigenvalue weighted by molar-refractivity contribution is -0.119. The summed E-state index contributed by atoms with van der Waals surface area (Å²) in [5.74, 6) is -0.277. The molecule has 0 fully saturated rings. The predicted molar refractivity (Wildman–Crippen MR) is 93.7 cm³/mol. The smallest absolute Gasteiger partial charge is 0.262 e. The number of benzene rings is 2. The fraction of sp³-hybridized carbons (Fsp3) is 0.235. The van der Waals surface area contributed by atoms with E-state index >= 15 is 0 Å². The number of sulfonamides is 1. The van der Waals surface area contributed by atoms with Gasteiger partial charge in [0.2, 0.25) is 5.91 Å². The third-order valence-electron chi connectivity index (χ3n) is 3.33. The number of rotatable bonds is 6. The number of ether oxygens (including phenoxy) is 1. The van der Waals surface area contributed by atoms with Crippen LogP contribution in [0.15, 0.2) is 47.4 Å². The van der Waals surface area contributed by atoms with Gasteiger partial charge >= 0.3 is 0 Å². The molecular formula is C17H20N2O4S. The van der Waals surface area contributed by atoms with Crippen molar-refractivity contribution < 1.29 is 17.9 Å². The van der Waals surface area contributed by atoms with Crippen LogP contribution in [0.5, 0.6) is 0 Å². The van der Waals surface area contributed by atoms with Crippen LogP contribution in [0.1, 0.15) is 11.1 Å². The second-order valence-electron chi connectivity index (χ2n) is 5.43. The van der Waals surface area contributed by atoms with Crippen molar-refractivity contribution >= 4 is 27.3 Å². The highest BCUT2D eigenvalue weighted by Crippen LogP contribution is 2.21. The van der Waals surface area contributed by atoms with Gasteiger partial charge in [-0.2, -0.15) is 0 Å². The van der Waals surface area contributed by atoms with Gasteiger partial charge in [-0.25, -0.2) is 8.42 Å². The molecule has 1 amide bonds. The maximum Gasteiger partial charge on any atom is 0.262 e. The van der Waals surface area contributed by atoms with Gasteiger partial charge < -0.3 is 10.1 Å². The minimum atomic E-state index is -3.67. The Morgan fingerprint density at radius 1 is 1.04 bits per heavy atom. The van der Waals surface area contributed by atoms with E-state index in [1.54, 1.807) is 43.3 Å². The molecule has 0 bridgehead atoms. The minimum absolute atomic E-state index is 0.0407. The fourth-order valence-corrected chi connectivity index (χ4v) is 3.55. The molecule has 0 saturated heterocycles. The SMILES string of the molecule is COCC(=O)Nc1ccc(NS(=O)(=O)c2cc(C)ccc2C)cc1. The molecule has 0 aromatic heterocycles. The molecule has 6 nitrogen and oxygen atoms in total. The van der Waals surface area contributed by atoms with E-state index in [9.17, 15) is 13.2 Å². The number of nitrogens with one attached hydrogen (secondary N) is 2. The van der Waals surface area contributed by atoms with Crippen molar-refractivity contribution in [2.75, 3.05) is 23.8 Å². The molecule has 0 aliphatic carbocycles. The second kappa shape index (κ2) is 7.46. The lowest BCUT2D eigenvalue weighted by atomic mass is 10.2. The predicted octanol–water partition coefficient (Wildman–Crippen LogP) is 2.69. The highest BCUT2D eigenvalue weighted by molar-refractivity contribution is 7.92. The summed E-state index contributed by atoms with van der Waals surface area (Å²) < 4.78 is 32.3. The number of carbonyl (C=O) groups is 1. The van der Waals surface area contributed by atoms with Crippen LogP contribution in [0, 0.1) is 13.8 Å². The molecule has 0 heterocycles. The number of amides is 1. The molecule has 7 heteroatoms. The average molecular weight is 348 g/mol. The summed E-state index contributed by atoms with van der Waals surface area (Å²) >= 11 is 0. The van der Waals surface area contributed by atoms with Gasteiger partial charge in [-0.15, -0.1) is 0 Å². The van der Waals surface area contributed by atoms with Crippen molar-refractivity contribution in [2.24, 2.45) is 0 Å². The molecule has 0 radical (unpaired) electrons. The summed E-state index contributed by atoms with van der Waals surface area (Å²) in [7, 11) is -2.23. The Morgan fingerprint density at radius 3 is 2.29 bits per heavy atom. The zero-order valence-electron chi connectivity index (χ0n) is 13.8. The Morgan fingerprint density at radius 2 is 1.67 bits per heavy atom. The van der Waals surface area contributed by atoms with E-state index in [0.717, 1.165) is 5.56 Å². The molecule has 0 spiro atoms. The van der Waals surface area contributed by atoms with Crippen LogP contribution in [0.4, 0.5) is 11.4 Å². The zero-order valence-corrected chi connectivity index (χ0v) is 14.6. The van der Waals surface area contributed by atoms with Crippen LogP contribution in [0.2, 0.25) is 0 Å². The molecule has 2 aromatic rings. The number of anilines is 2. The second-order valence-corrected chi connectivity index (χ2v) is 7.08. The number of hydrogen-bond donors (Lipinski definition) is 2. The van der Waals surface area contributed by atoms with E-state index in [4.69, 9.17) is 4.74 Å². The maximum absolute atomic E-state index is 12.5. The minimum Gasteiger partial charge on any atom is -0.375 e. The van der Waals surface area contributed by atoms with Gasteiger partial charge in [0.25, 0.3) is 10.0 Å². The van der Waals surface area contributed by atoms with E-state index in [1.807, 2.05) is 13.0 Å². The van der Waals surface area contributed by atoms with Crippen LogP contribution in [0.3, 0.4) is 0 Å². The summed E-state index contributed by atoms with van der Waals surface area (Å²) in [5, 5.41) is 2.64. The Kier molecular flexibility index (Phi) is 5.58. The topological polar surface area (TPSA) is 84.5 Å².